The topological polar surface area (TPSA) is 77.3 Å². The summed E-state index contributed by atoms with van der Waals surface area (Å²) in [6, 6.07) is 18.1. The summed E-state index contributed by atoms with van der Waals surface area (Å²) in [5.41, 5.74) is 1.07. The van der Waals surface area contributed by atoms with Crippen LogP contribution in [0.15, 0.2) is 72.1 Å². The fraction of sp³-hybridized carbons (Fsp3) is 0.130. The number of hydrogen-bond donors (Lipinski definition) is 0. The molecule has 0 spiro atoms. The van der Waals surface area contributed by atoms with Crippen LogP contribution < -0.4 is 0 Å². The zero-order chi connectivity index (χ0) is 22.7. The van der Waals surface area contributed by atoms with Gasteiger partial charge in [-0.3, -0.25) is 4.79 Å². The van der Waals surface area contributed by atoms with Crippen molar-refractivity contribution in [3.63, 3.8) is 0 Å². The van der Waals surface area contributed by atoms with Crippen molar-refractivity contribution >= 4 is 23.2 Å². The maximum absolute atomic E-state index is 13.4. The van der Waals surface area contributed by atoms with E-state index in [1.54, 1.807) is 50.5 Å². The maximum Gasteiger partial charge on any atom is 0.379 e. The molecule has 0 aliphatic carbocycles. The second-order valence-corrected chi connectivity index (χ2v) is 8.00. The molecule has 9 heteroatoms. The van der Waals surface area contributed by atoms with E-state index in [1.165, 1.54) is 33.1 Å². The zero-order valence-corrected chi connectivity index (χ0v) is 18.1. The van der Waals surface area contributed by atoms with Crippen LogP contribution >= 0.6 is 11.3 Å². The number of ether oxygens (including phenoxy) is 1. The number of benzene rings is 2. The van der Waals surface area contributed by atoms with E-state index < -0.39 is 12.1 Å². The van der Waals surface area contributed by atoms with Gasteiger partial charge in [0, 0.05) is 19.7 Å². The fourth-order valence-corrected chi connectivity index (χ4v) is 3.71. The lowest BCUT2D eigenvalue weighted by molar-refractivity contribution is -0.138. The van der Waals surface area contributed by atoms with Gasteiger partial charge >= 0.3 is 5.97 Å². The summed E-state index contributed by atoms with van der Waals surface area (Å²) in [7, 11) is 3.17. The fourth-order valence-electron chi connectivity index (χ4n) is 3.01. The number of carbonyl (C=O) groups is 2. The molecule has 4 rings (SSSR count). The van der Waals surface area contributed by atoms with Gasteiger partial charge in [0.05, 0.1) is 10.6 Å². The van der Waals surface area contributed by atoms with E-state index in [4.69, 9.17) is 4.74 Å². The molecule has 0 aliphatic heterocycles. The Kier molecular flexibility index (Phi) is 6.09. The summed E-state index contributed by atoms with van der Waals surface area (Å²) in [6.07, 6.45) is -1.14. The van der Waals surface area contributed by atoms with E-state index >= 15 is 0 Å². The average Bonchev–Trinajstić information content (AvgIpc) is 3.48. The van der Waals surface area contributed by atoms with Crippen LogP contribution in [0, 0.1) is 5.82 Å². The molecule has 0 N–H and O–H groups in total. The van der Waals surface area contributed by atoms with Gasteiger partial charge in [0.1, 0.15) is 5.82 Å². The molecule has 4 aromatic rings. The van der Waals surface area contributed by atoms with Gasteiger partial charge < -0.3 is 9.64 Å². The number of thiophene rings is 1. The third-order valence-corrected chi connectivity index (χ3v) is 5.46. The Labute approximate surface area is 187 Å². The number of likely N-dealkylation sites (N-methyl/N-ethyl adjacent to an activating group) is 1. The van der Waals surface area contributed by atoms with Crippen molar-refractivity contribution in [3.8, 4) is 16.4 Å². The van der Waals surface area contributed by atoms with Crippen LogP contribution in [0.25, 0.3) is 16.4 Å². The van der Waals surface area contributed by atoms with Crippen LogP contribution in [0.1, 0.15) is 22.3 Å². The largest absolute Gasteiger partial charge is 0.441 e. The molecule has 7 nitrogen and oxygen atoms in total. The molecule has 2 aromatic heterocycles. The monoisotopic (exact) mass is 450 g/mol. The minimum atomic E-state index is -1.14. The van der Waals surface area contributed by atoms with Gasteiger partial charge in [-0.05, 0) is 35.7 Å². The highest BCUT2D eigenvalue weighted by molar-refractivity contribution is 7.13. The van der Waals surface area contributed by atoms with Crippen molar-refractivity contribution in [3.05, 3.63) is 89.3 Å². The SMILES string of the molecule is CN(C)C(=O)C(OC(=O)c1nc(-c2cccs2)n(-c2ccc(F)cc2)n1)c1ccccc1. The smallest absolute Gasteiger partial charge is 0.379 e. The normalized spacial score (nSPS) is 11.7. The molecule has 0 saturated carbocycles. The van der Waals surface area contributed by atoms with E-state index in [0.717, 1.165) is 4.88 Å². The van der Waals surface area contributed by atoms with Crippen LogP contribution in [0.5, 0.6) is 0 Å². The molecule has 2 heterocycles. The first-order chi connectivity index (χ1) is 15.4. The summed E-state index contributed by atoms with van der Waals surface area (Å²) in [5.74, 6) is -1.41. The Morgan fingerprint density at radius 3 is 2.38 bits per heavy atom. The Bertz CT molecular complexity index is 1220. The highest BCUT2D eigenvalue weighted by Gasteiger charge is 2.29. The van der Waals surface area contributed by atoms with Crippen LogP contribution in [0.3, 0.4) is 0 Å². The van der Waals surface area contributed by atoms with E-state index in [2.05, 4.69) is 10.1 Å². The molecule has 0 saturated heterocycles. The molecule has 0 bridgehead atoms. The molecule has 1 unspecified atom stereocenters. The Hall–Kier alpha value is -3.85. The van der Waals surface area contributed by atoms with E-state index in [9.17, 15) is 14.0 Å². The zero-order valence-electron chi connectivity index (χ0n) is 17.3. The Balaban J connectivity index is 1.71. The number of nitrogens with zero attached hydrogens (tertiary/aromatic N) is 4. The first-order valence-corrected chi connectivity index (χ1v) is 10.6. The van der Waals surface area contributed by atoms with E-state index in [0.29, 0.717) is 17.1 Å². The first kappa shape index (κ1) is 21.4. The van der Waals surface area contributed by atoms with E-state index in [1.807, 2.05) is 23.6 Å². The summed E-state index contributed by atoms with van der Waals surface area (Å²) < 4.78 is 20.4. The maximum atomic E-state index is 13.4. The van der Waals surface area contributed by atoms with Crippen molar-refractivity contribution in [2.75, 3.05) is 14.1 Å². The molecular formula is C23H19FN4O3S. The van der Waals surface area contributed by atoms with Crippen molar-refractivity contribution in [1.29, 1.82) is 0 Å². The van der Waals surface area contributed by atoms with Crippen LogP contribution in [-0.4, -0.2) is 45.6 Å². The van der Waals surface area contributed by atoms with Crippen LogP contribution in [0.2, 0.25) is 0 Å². The minimum Gasteiger partial charge on any atom is -0.441 e. The number of hydrogen-bond acceptors (Lipinski definition) is 6. The molecular weight excluding hydrogens is 431 g/mol. The van der Waals surface area contributed by atoms with Crippen LogP contribution in [-0.2, 0) is 9.53 Å². The standard InChI is InChI=1S/C23H19FN4O3S/c1-27(2)22(29)19(15-7-4-3-5-8-15)31-23(30)20-25-21(18-9-6-14-32-18)28(26-20)17-12-10-16(24)11-13-17/h3-14,19H,1-2H3. The Morgan fingerprint density at radius 2 is 1.75 bits per heavy atom. The predicted molar refractivity (Wildman–Crippen MR) is 118 cm³/mol. The van der Waals surface area contributed by atoms with Crippen molar-refractivity contribution in [2.24, 2.45) is 0 Å². The number of aromatic nitrogens is 3. The third kappa shape index (κ3) is 4.42. The van der Waals surface area contributed by atoms with Crippen molar-refractivity contribution < 1.29 is 18.7 Å². The number of halogens is 1. The van der Waals surface area contributed by atoms with Gasteiger partial charge in [-0.25, -0.2) is 13.9 Å². The second-order valence-electron chi connectivity index (χ2n) is 7.05. The lowest BCUT2D eigenvalue weighted by Gasteiger charge is -2.20. The second kappa shape index (κ2) is 9.11. The lowest BCUT2D eigenvalue weighted by atomic mass is 10.1. The molecule has 1 amide bonds. The number of amides is 1. The summed E-state index contributed by atoms with van der Waals surface area (Å²) in [6.45, 7) is 0. The van der Waals surface area contributed by atoms with E-state index in [-0.39, 0.29) is 17.5 Å². The van der Waals surface area contributed by atoms with Gasteiger partial charge in [0.25, 0.3) is 11.7 Å². The summed E-state index contributed by atoms with van der Waals surface area (Å²) in [5, 5.41) is 6.18. The first-order valence-electron chi connectivity index (χ1n) is 9.68. The summed E-state index contributed by atoms with van der Waals surface area (Å²) >= 11 is 1.42. The third-order valence-electron chi connectivity index (χ3n) is 4.59. The van der Waals surface area contributed by atoms with Gasteiger partial charge in [0.2, 0.25) is 6.10 Å². The number of esters is 1. The van der Waals surface area contributed by atoms with Crippen molar-refractivity contribution in [1.82, 2.24) is 19.7 Å². The predicted octanol–water partition coefficient (Wildman–Crippen LogP) is 4.12. The van der Waals surface area contributed by atoms with Gasteiger partial charge in [-0.2, -0.15) is 4.98 Å². The van der Waals surface area contributed by atoms with Gasteiger partial charge in [0.15, 0.2) is 5.82 Å². The number of carbonyl (C=O) groups excluding carboxylic acids is 2. The quantitative estimate of drug-likeness (QED) is 0.413. The van der Waals surface area contributed by atoms with Gasteiger partial charge in [-0.1, -0.05) is 36.4 Å². The molecule has 0 aliphatic rings. The highest BCUT2D eigenvalue weighted by atomic mass is 32.1. The summed E-state index contributed by atoms with van der Waals surface area (Å²) in [4.78, 5) is 32.2. The number of rotatable bonds is 6. The Morgan fingerprint density at radius 1 is 1.03 bits per heavy atom. The van der Waals surface area contributed by atoms with Crippen molar-refractivity contribution in [2.45, 2.75) is 6.10 Å². The van der Waals surface area contributed by atoms with Crippen LogP contribution in [0.4, 0.5) is 4.39 Å². The average molecular weight is 450 g/mol. The highest BCUT2D eigenvalue weighted by Crippen LogP contribution is 2.27. The minimum absolute atomic E-state index is 0.204. The molecule has 1 atom stereocenters. The molecule has 0 radical (unpaired) electrons. The van der Waals surface area contributed by atoms with Gasteiger partial charge in [-0.15, -0.1) is 16.4 Å². The molecule has 162 valence electrons. The molecule has 32 heavy (non-hydrogen) atoms. The molecule has 2 aromatic carbocycles. The molecule has 0 fully saturated rings. The lowest BCUT2D eigenvalue weighted by Crippen LogP contribution is -2.31.